The lowest BCUT2D eigenvalue weighted by molar-refractivity contribution is 0.398. The smallest absolute Gasteiger partial charge is 0.264 e. The molecule has 0 unspecified atom stereocenters. The van der Waals surface area contributed by atoms with Crippen LogP contribution >= 0.6 is 24.0 Å². The molecule has 2 N–H and O–H groups in total. The van der Waals surface area contributed by atoms with Crippen molar-refractivity contribution < 1.29 is 14.6 Å². The molecular formula is C22H21N3O4S2. The highest BCUT2D eigenvalue weighted by Gasteiger charge is 2.28. The van der Waals surface area contributed by atoms with E-state index in [-0.39, 0.29) is 21.5 Å². The summed E-state index contributed by atoms with van der Waals surface area (Å²) in [6.45, 7) is 0. The Morgan fingerprint density at radius 2 is 2.00 bits per heavy atom. The van der Waals surface area contributed by atoms with Gasteiger partial charge in [-0.2, -0.15) is 0 Å². The van der Waals surface area contributed by atoms with Crippen LogP contribution in [0.3, 0.4) is 0 Å². The van der Waals surface area contributed by atoms with Crippen molar-refractivity contribution in [3.63, 3.8) is 0 Å². The molecule has 7 nitrogen and oxygen atoms in total. The lowest BCUT2D eigenvalue weighted by Crippen LogP contribution is -2.23. The molecule has 0 amide bonds. The molecule has 1 aliphatic rings. The first-order valence-corrected chi connectivity index (χ1v) is 10.8. The van der Waals surface area contributed by atoms with Crippen LogP contribution in [0.1, 0.15) is 22.8 Å². The van der Waals surface area contributed by atoms with Crippen molar-refractivity contribution in [2.75, 3.05) is 14.2 Å². The number of benzene rings is 2. The average molecular weight is 456 g/mol. The molecule has 0 aliphatic carbocycles. The first-order chi connectivity index (χ1) is 14.9. The van der Waals surface area contributed by atoms with Crippen LogP contribution in [-0.4, -0.2) is 34.6 Å². The SMILES string of the molecule is COc1ccc(OC)c([C@H]2CC(c3c(O)n(C)c(=S)[nH]c3=O)=Nc3ccccc3S2)c1. The molecule has 0 radical (unpaired) electrons. The van der Waals surface area contributed by atoms with E-state index in [9.17, 15) is 9.90 Å². The Morgan fingerprint density at radius 1 is 1.23 bits per heavy atom. The highest BCUT2D eigenvalue weighted by Crippen LogP contribution is 2.48. The molecule has 1 aliphatic heterocycles. The summed E-state index contributed by atoms with van der Waals surface area (Å²) in [5, 5.41) is 10.6. The third-order valence-corrected chi connectivity index (χ3v) is 6.81. The fourth-order valence-electron chi connectivity index (χ4n) is 3.50. The molecule has 0 fully saturated rings. The Labute approximate surface area is 188 Å². The zero-order chi connectivity index (χ0) is 22.1. The number of nitrogens with one attached hydrogen (secondary N) is 1. The lowest BCUT2D eigenvalue weighted by Gasteiger charge is -2.20. The van der Waals surface area contributed by atoms with Crippen LogP contribution in [0.15, 0.2) is 57.1 Å². The van der Waals surface area contributed by atoms with E-state index in [0.29, 0.717) is 23.6 Å². The van der Waals surface area contributed by atoms with Crippen LogP contribution in [0.2, 0.25) is 0 Å². The zero-order valence-electron chi connectivity index (χ0n) is 17.2. The highest BCUT2D eigenvalue weighted by molar-refractivity contribution is 7.99. The second kappa shape index (κ2) is 8.60. The van der Waals surface area contributed by atoms with Gasteiger partial charge in [0.25, 0.3) is 5.56 Å². The van der Waals surface area contributed by atoms with Gasteiger partial charge >= 0.3 is 0 Å². The minimum atomic E-state index is -0.472. The third-order valence-electron chi connectivity index (χ3n) is 5.13. The van der Waals surface area contributed by atoms with Gasteiger partial charge in [0.05, 0.1) is 25.6 Å². The van der Waals surface area contributed by atoms with Gasteiger partial charge in [-0.1, -0.05) is 12.1 Å². The molecule has 0 saturated carbocycles. The van der Waals surface area contributed by atoms with Crippen LogP contribution in [0.4, 0.5) is 5.69 Å². The molecule has 31 heavy (non-hydrogen) atoms. The number of aromatic amines is 1. The number of para-hydroxylation sites is 1. The number of methoxy groups -OCH3 is 2. The number of aliphatic imine (C=N–C) groups is 1. The predicted molar refractivity (Wildman–Crippen MR) is 124 cm³/mol. The van der Waals surface area contributed by atoms with Gasteiger partial charge in [-0.25, -0.2) is 0 Å². The largest absolute Gasteiger partial charge is 0.497 e. The van der Waals surface area contributed by atoms with Crippen molar-refractivity contribution >= 4 is 35.4 Å². The van der Waals surface area contributed by atoms with Crippen molar-refractivity contribution in [1.29, 1.82) is 0 Å². The van der Waals surface area contributed by atoms with Crippen molar-refractivity contribution in [3.05, 3.63) is 68.7 Å². The van der Waals surface area contributed by atoms with Crippen molar-refractivity contribution in [3.8, 4) is 17.4 Å². The van der Waals surface area contributed by atoms with Gasteiger partial charge in [-0.15, -0.1) is 11.8 Å². The van der Waals surface area contributed by atoms with E-state index in [1.54, 1.807) is 33.0 Å². The minimum Gasteiger partial charge on any atom is -0.497 e. The topological polar surface area (TPSA) is 88.8 Å². The van der Waals surface area contributed by atoms with E-state index in [1.165, 1.54) is 4.57 Å². The molecule has 9 heteroatoms. The van der Waals surface area contributed by atoms with Gasteiger partial charge in [0.15, 0.2) is 4.77 Å². The van der Waals surface area contributed by atoms with Gasteiger partial charge < -0.3 is 14.6 Å². The van der Waals surface area contributed by atoms with Crippen molar-refractivity contribution in [1.82, 2.24) is 9.55 Å². The van der Waals surface area contributed by atoms with E-state index in [2.05, 4.69) is 4.98 Å². The second-order valence-corrected chi connectivity index (χ2v) is 8.59. The molecule has 1 aromatic heterocycles. The molecule has 0 bridgehead atoms. The first-order valence-electron chi connectivity index (χ1n) is 9.50. The van der Waals surface area contributed by atoms with Crippen LogP contribution in [-0.2, 0) is 7.05 Å². The molecule has 0 spiro atoms. The number of nitrogens with zero attached hydrogens (tertiary/aromatic N) is 2. The number of aromatic hydroxyl groups is 1. The summed E-state index contributed by atoms with van der Waals surface area (Å²) in [5.41, 5.74) is 1.75. The summed E-state index contributed by atoms with van der Waals surface area (Å²) in [7, 11) is 4.83. The number of H-pyrrole nitrogens is 1. The first kappa shape index (κ1) is 21.2. The standard InChI is InChI=1S/C22H21N3O4S2/c1-25-21(27)19(20(26)24-22(25)30)15-11-18(31-17-7-5-4-6-14(17)23-15)13-10-12(28-2)8-9-16(13)29-3/h4-10,18,27H,11H2,1-3H3,(H,24,26,30)/t18-/m1/s1. The summed E-state index contributed by atoms with van der Waals surface area (Å²) < 4.78 is 12.5. The zero-order valence-corrected chi connectivity index (χ0v) is 18.8. The van der Waals surface area contributed by atoms with E-state index < -0.39 is 5.56 Å². The number of fused-ring (bicyclic) bond motifs is 1. The van der Waals surface area contributed by atoms with Gasteiger partial charge in [-0.3, -0.25) is 19.3 Å². The molecule has 0 saturated heterocycles. The monoisotopic (exact) mass is 455 g/mol. The normalized spacial score (nSPS) is 15.6. The van der Waals surface area contributed by atoms with E-state index in [4.69, 9.17) is 26.7 Å². The Bertz CT molecular complexity index is 1300. The maximum Gasteiger partial charge on any atom is 0.264 e. The van der Waals surface area contributed by atoms with E-state index in [1.807, 2.05) is 42.5 Å². The molecule has 2 heterocycles. The second-order valence-electron chi connectivity index (χ2n) is 6.96. The van der Waals surface area contributed by atoms with Crippen LogP contribution in [0, 0.1) is 4.77 Å². The Kier molecular flexibility index (Phi) is 5.88. The van der Waals surface area contributed by atoms with Gasteiger partial charge in [0.1, 0.15) is 17.1 Å². The number of ether oxygens (including phenoxy) is 2. The van der Waals surface area contributed by atoms with Crippen LogP contribution < -0.4 is 15.0 Å². The lowest BCUT2D eigenvalue weighted by atomic mass is 10.0. The number of hydrogen-bond donors (Lipinski definition) is 2. The quantitative estimate of drug-likeness (QED) is 0.562. The number of aromatic nitrogens is 2. The minimum absolute atomic E-state index is 0.111. The summed E-state index contributed by atoms with van der Waals surface area (Å²) in [6.07, 6.45) is 0.385. The van der Waals surface area contributed by atoms with Gasteiger partial charge in [0.2, 0.25) is 5.88 Å². The predicted octanol–water partition coefficient (Wildman–Crippen LogP) is 4.52. The summed E-state index contributed by atoms with van der Waals surface area (Å²) in [6, 6.07) is 13.3. The fourth-order valence-corrected chi connectivity index (χ4v) is 4.93. The summed E-state index contributed by atoms with van der Waals surface area (Å²) in [4.78, 5) is 21.1. The maximum atomic E-state index is 12.8. The maximum absolute atomic E-state index is 12.8. The van der Waals surface area contributed by atoms with Crippen molar-refractivity contribution in [2.45, 2.75) is 16.6 Å². The van der Waals surface area contributed by atoms with E-state index >= 15 is 0 Å². The fraction of sp³-hybridized carbons (Fsp3) is 0.227. The summed E-state index contributed by atoms with van der Waals surface area (Å²) in [5.74, 6) is 1.20. The Balaban J connectivity index is 1.93. The number of hydrogen-bond acceptors (Lipinski definition) is 7. The van der Waals surface area contributed by atoms with Gasteiger partial charge in [-0.05, 0) is 42.5 Å². The number of rotatable bonds is 4. The van der Waals surface area contributed by atoms with Crippen LogP contribution in [0.25, 0.3) is 0 Å². The average Bonchev–Trinajstić information content (AvgIpc) is 2.96. The molecule has 1 atom stereocenters. The molecule has 160 valence electrons. The van der Waals surface area contributed by atoms with Crippen molar-refractivity contribution in [2.24, 2.45) is 12.0 Å². The molecule has 3 aromatic rings. The Morgan fingerprint density at radius 3 is 2.74 bits per heavy atom. The van der Waals surface area contributed by atoms with E-state index in [0.717, 1.165) is 16.1 Å². The van der Waals surface area contributed by atoms with Gasteiger partial charge in [0, 0.05) is 29.2 Å². The van der Waals surface area contributed by atoms with Crippen LogP contribution in [0.5, 0.6) is 17.4 Å². The molecule has 4 rings (SSSR count). The molecular weight excluding hydrogens is 434 g/mol. The summed E-state index contributed by atoms with van der Waals surface area (Å²) >= 11 is 6.74. The third kappa shape index (κ3) is 3.98. The number of thioether (sulfide) groups is 1. The molecule has 2 aromatic carbocycles. The Hall–Kier alpha value is -3.04. The highest BCUT2D eigenvalue weighted by atomic mass is 32.2.